The maximum absolute atomic E-state index is 2.28. The van der Waals surface area contributed by atoms with Gasteiger partial charge in [0.15, 0.2) is 0 Å². The van der Waals surface area contributed by atoms with Crippen LogP contribution in [0.2, 0.25) is 0 Å². The van der Waals surface area contributed by atoms with Gasteiger partial charge in [0.05, 0.1) is 0 Å². The largest absolute Gasteiger partial charge is 0.305 e. The average molecular weight is 345 g/mol. The molecule has 0 bridgehead atoms. The van der Waals surface area contributed by atoms with E-state index in [-0.39, 0.29) is 0 Å². The molecule has 0 atom stereocenters. The minimum absolute atomic E-state index is 0.972. The van der Waals surface area contributed by atoms with Crippen LogP contribution in [0.5, 0.6) is 0 Å². The smallest absolute Gasteiger partial charge is 0.0227 e. The molecular formula is C24H28N2. The number of benzene rings is 3. The molecule has 2 heteroatoms. The molecule has 2 nitrogen and oxygen atoms in total. The molecular weight excluding hydrogens is 316 g/mol. The van der Waals surface area contributed by atoms with Gasteiger partial charge in [-0.1, -0.05) is 66.7 Å². The zero-order valence-corrected chi connectivity index (χ0v) is 16.2. The summed E-state index contributed by atoms with van der Waals surface area (Å²) in [5.41, 5.74) is 7.72. The lowest BCUT2D eigenvalue weighted by molar-refractivity contribution is 0.402. The Bertz CT molecular complexity index is 762. The number of rotatable bonds is 6. The predicted molar refractivity (Wildman–Crippen MR) is 112 cm³/mol. The van der Waals surface area contributed by atoms with Crippen LogP contribution in [0.3, 0.4) is 0 Å². The lowest BCUT2D eigenvalue weighted by Gasteiger charge is -2.12. The van der Waals surface area contributed by atoms with Gasteiger partial charge in [-0.15, -0.1) is 0 Å². The molecule has 0 amide bonds. The highest BCUT2D eigenvalue weighted by Gasteiger charge is 2.03. The summed E-state index contributed by atoms with van der Waals surface area (Å²) in [5.74, 6) is 0. The Hall–Kier alpha value is -2.42. The Kier molecular flexibility index (Phi) is 5.87. The van der Waals surface area contributed by atoms with Crippen LogP contribution < -0.4 is 0 Å². The molecule has 0 heterocycles. The second kappa shape index (κ2) is 8.31. The van der Waals surface area contributed by atoms with E-state index < -0.39 is 0 Å². The Morgan fingerprint density at radius 3 is 1.23 bits per heavy atom. The Morgan fingerprint density at radius 2 is 0.885 bits per heavy atom. The zero-order chi connectivity index (χ0) is 18.5. The van der Waals surface area contributed by atoms with E-state index in [0.29, 0.717) is 0 Å². The van der Waals surface area contributed by atoms with Crippen LogP contribution in [-0.4, -0.2) is 38.0 Å². The van der Waals surface area contributed by atoms with E-state index in [0.717, 1.165) is 13.1 Å². The fourth-order valence-corrected chi connectivity index (χ4v) is 3.21. The third kappa shape index (κ3) is 4.81. The molecule has 0 spiro atoms. The first kappa shape index (κ1) is 18.4. The molecule has 0 unspecified atom stereocenters. The van der Waals surface area contributed by atoms with Gasteiger partial charge in [-0.05, 0) is 67.6 Å². The van der Waals surface area contributed by atoms with Crippen molar-refractivity contribution < 1.29 is 0 Å². The van der Waals surface area contributed by atoms with Crippen LogP contribution >= 0.6 is 0 Å². The topological polar surface area (TPSA) is 6.48 Å². The van der Waals surface area contributed by atoms with Gasteiger partial charge in [0.25, 0.3) is 0 Å². The Labute approximate surface area is 157 Å². The fourth-order valence-electron chi connectivity index (χ4n) is 3.21. The van der Waals surface area contributed by atoms with E-state index in [2.05, 4.69) is 111 Å². The summed E-state index contributed by atoms with van der Waals surface area (Å²) in [5, 5.41) is 0. The van der Waals surface area contributed by atoms with Crippen LogP contribution in [0.15, 0.2) is 72.8 Å². The highest BCUT2D eigenvalue weighted by atomic mass is 15.1. The summed E-state index contributed by atoms with van der Waals surface area (Å²) in [6.07, 6.45) is 0. The van der Waals surface area contributed by atoms with Crippen LogP contribution in [0.4, 0.5) is 0 Å². The van der Waals surface area contributed by atoms with E-state index >= 15 is 0 Å². The highest BCUT2D eigenvalue weighted by molar-refractivity contribution is 5.73. The summed E-state index contributed by atoms with van der Waals surface area (Å²) in [6.45, 7) is 1.94. The van der Waals surface area contributed by atoms with E-state index in [1.807, 2.05) is 0 Å². The summed E-state index contributed by atoms with van der Waals surface area (Å²) in [4.78, 5) is 4.38. The van der Waals surface area contributed by atoms with Crippen molar-refractivity contribution in [1.82, 2.24) is 9.80 Å². The van der Waals surface area contributed by atoms with E-state index in [1.54, 1.807) is 0 Å². The van der Waals surface area contributed by atoms with Crippen molar-refractivity contribution in [1.29, 1.82) is 0 Å². The van der Waals surface area contributed by atoms with Crippen molar-refractivity contribution in [2.24, 2.45) is 0 Å². The summed E-state index contributed by atoms with van der Waals surface area (Å²) in [6, 6.07) is 26.6. The predicted octanol–water partition coefficient (Wildman–Crippen LogP) is 5.14. The monoisotopic (exact) mass is 344 g/mol. The van der Waals surface area contributed by atoms with Crippen molar-refractivity contribution >= 4 is 0 Å². The van der Waals surface area contributed by atoms with Crippen molar-refractivity contribution in [3.8, 4) is 22.3 Å². The molecule has 0 aliphatic carbocycles. The SMILES string of the molecule is CN(C)Cc1ccc(-c2cccc(-c3ccc(CN(C)C)cc3)c2)cc1. The molecule has 0 N–H and O–H groups in total. The summed E-state index contributed by atoms with van der Waals surface area (Å²) >= 11 is 0. The van der Waals surface area contributed by atoms with Crippen LogP contribution in [0.25, 0.3) is 22.3 Å². The van der Waals surface area contributed by atoms with Crippen LogP contribution in [0.1, 0.15) is 11.1 Å². The Morgan fingerprint density at radius 1 is 0.500 bits per heavy atom. The molecule has 0 fully saturated rings. The molecule has 0 radical (unpaired) electrons. The third-order valence-electron chi connectivity index (χ3n) is 4.43. The number of nitrogens with zero attached hydrogens (tertiary/aromatic N) is 2. The summed E-state index contributed by atoms with van der Waals surface area (Å²) < 4.78 is 0. The van der Waals surface area contributed by atoms with Gasteiger partial charge in [-0.2, -0.15) is 0 Å². The van der Waals surface area contributed by atoms with E-state index in [4.69, 9.17) is 0 Å². The minimum Gasteiger partial charge on any atom is -0.305 e. The first-order chi connectivity index (χ1) is 12.5. The molecule has 3 rings (SSSR count). The lowest BCUT2D eigenvalue weighted by atomic mass is 9.98. The standard InChI is InChI=1S/C24H28N2/c1-25(2)17-19-8-12-21(13-9-19)23-6-5-7-24(16-23)22-14-10-20(11-15-22)18-26(3)4/h5-16H,17-18H2,1-4H3. The second-order valence-electron chi connectivity index (χ2n) is 7.45. The first-order valence-corrected chi connectivity index (χ1v) is 9.09. The van der Waals surface area contributed by atoms with Crippen molar-refractivity contribution in [2.75, 3.05) is 28.2 Å². The average Bonchev–Trinajstić information content (AvgIpc) is 2.62. The van der Waals surface area contributed by atoms with Gasteiger partial charge >= 0.3 is 0 Å². The Balaban J connectivity index is 1.81. The van der Waals surface area contributed by atoms with Crippen molar-refractivity contribution in [2.45, 2.75) is 13.1 Å². The second-order valence-corrected chi connectivity index (χ2v) is 7.45. The fraction of sp³-hybridized carbons (Fsp3) is 0.250. The van der Waals surface area contributed by atoms with E-state index in [9.17, 15) is 0 Å². The third-order valence-corrected chi connectivity index (χ3v) is 4.43. The number of hydrogen-bond donors (Lipinski definition) is 0. The quantitative estimate of drug-likeness (QED) is 0.610. The molecule has 3 aromatic rings. The van der Waals surface area contributed by atoms with Crippen LogP contribution in [-0.2, 0) is 13.1 Å². The highest BCUT2D eigenvalue weighted by Crippen LogP contribution is 2.27. The van der Waals surface area contributed by atoms with Gasteiger partial charge in [0.1, 0.15) is 0 Å². The maximum Gasteiger partial charge on any atom is 0.0227 e. The molecule has 26 heavy (non-hydrogen) atoms. The minimum atomic E-state index is 0.972. The van der Waals surface area contributed by atoms with Crippen molar-refractivity contribution in [3.05, 3.63) is 83.9 Å². The molecule has 0 saturated heterocycles. The van der Waals surface area contributed by atoms with Crippen molar-refractivity contribution in [3.63, 3.8) is 0 Å². The maximum atomic E-state index is 2.28. The summed E-state index contributed by atoms with van der Waals surface area (Å²) in [7, 11) is 8.39. The van der Waals surface area contributed by atoms with Crippen LogP contribution in [0, 0.1) is 0 Å². The molecule has 134 valence electrons. The molecule has 0 aromatic heterocycles. The van der Waals surface area contributed by atoms with Gasteiger partial charge in [-0.25, -0.2) is 0 Å². The van der Waals surface area contributed by atoms with Gasteiger partial charge in [-0.3, -0.25) is 0 Å². The number of hydrogen-bond acceptors (Lipinski definition) is 2. The first-order valence-electron chi connectivity index (χ1n) is 9.09. The molecule has 0 aliphatic heterocycles. The molecule has 0 saturated carbocycles. The lowest BCUT2D eigenvalue weighted by Crippen LogP contribution is -2.10. The van der Waals surface area contributed by atoms with Gasteiger partial charge < -0.3 is 9.80 Å². The van der Waals surface area contributed by atoms with Gasteiger partial charge in [0.2, 0.25) is 0 Å². The molecule has 0 aliphatic rings. The molecule has 3 aromatic carbocycles. The van der Waals surface area contributed by atoms with E-state index in [1.165, 1.54) is 33.4 Å². The zero-order valence-electron chi connectivity index (χ0n) is 16.2. The normalized spacial score (nSPS) is 11.3. The van der Waals surface area contributed by atoms with Gasteiger partial charge in [0, 0.05) is 13.1 Å².